The average molecular weight is 376 g/mol. The number of methoxy groups -OCH3 is 1. The van der Waals surface area contributed by atoms with Crippen LogP contribution in [0.5, 0.6) is 0 Å². The zero-order chi connectivity index (χ0) is 20.1. The van der Waals surface area contributed by atoms with Crippen molar-refractivity contribution in [2.75, 3.05) is 17.7 Å². The number of para-hydroxylation sites is 1. The van der Waals surface area contributed by atoms with E-state index in [4.69, 9.17) is 0 Å². The minimum absolute atomic E-state index is 0.184. The fourth-order valence-electron chi connectivity index (χ4n) is 2.66. The molecule has 0 saturated heterocycles. The number of anilines is 3. The number of esters is 1. The average Bonchev–Trinajstić information content (AvgIpc) is 2.71. The lowest BCUT2D eigenvalue weighted by molar-refractivity contribution is 0.0600. The summed E-state index contributed by atoms with van der Waals surface area (Å²) in [6.07, 6.45) is 0. The predicted molar refractivity (Wildman–Crippen MR) is 107 cm³/mol. The first kappa shape index (κ1) is 19.0. The molecule has 3 aromatic rings. The first-order chi connectivity index (χ1) is 13.5. The maximum atomic E-state index is 12.3. The normalized spacial score (nSPS) is 10.2. The summed E-state index contributed by atoms with van der Waals surface area (Å²) in [6, 6.07) is 15.7. The molecule has 0 bridgehead atoms. The third-order valence-electron chi connectivity index (χ3n) is 4.20. The molecule has 1 aromatic heterocycles. The van der Waals surface area contributed by atoms with Crippen molar-refractivity contribution < 1.29 is 14.3 Å². The van der Waals surface area contributed by atoms with Crippen molar-refractivity contribution in [2.24, 2.45) is 0 Å². The minimum atomic E-state index is -0.435. The Balaban J connectivity index is 1.67. The fourth-order valence-corrected chi connectivity index (χ4v) is 2.66. The molecule has 2 aromatic carbocycles. The predicted octanol–water partition coefficient (Wildman–Crippen LogP) is 3.88. The van der Waals surface area contributed by atoms with Crippen LogP contribution in [-0.4, -0.2) is 29.2 Å². The standard InChI is InChI=1S/C21H20N4O3/c1-13-5-4-6-14(2)19(13)23-18-12-11-17(24-25-18)20(26)22-16-9-7-15(8-10-16)21(27)28-3/h4-12H,1-3H3,(H,22,26)(H,23,25). The van der Waals surface area contributed by atoms with Gasteiger partial charge in [-0.05, 0) is 61.4 Å². The van der Waals surface area contributed by atoms with Crippen molar-refractivity contribution in [3.05, 3.63) is 77.0 Å². The van der Waals surface area contributed by atoms with Crippen molar-refractivity contribution in [1.82, 2.24) is 10.2 Å². The smallest absolute Gasteiger partial charge is 0.337 e. The highest BCUT2D eigenvalue weighted by Crippen LogP contribution is 2.23. The van der Waals surface area contributed by atoms with Gasteiger partial charge >= 0.3 is 5.97 Å². The van der Waals surface area contributed by atoms with Gasteiger partial charge in [0.2, 0.25) is 0 Å². The van der Waals surface area contributed by atoms with Gasteiger partial charge in [0.1, 0.15) is 0 Å². The lowest BCUT2D eigenvalue weighted by Crippen LogP contribution is -2.15. The van der Waals surface area contributed by atoms with Gasteiger partial charge in [-0.15, -0.1) is 10.2 Å². The SMILES string of the molecule is COC(=O)c1ccc(NC(=O)c2ccc(Nc3c(C)cccc3C)nn2)cc1. The molecule has 0 spiro atoms. The summed E-state index contributed by atoms with van der Waals surface area (Å²) in [5.41, 5.74) is 4.29. The van der Waals surface area contributed by atoms with Gasteiger partial charge in [0.05, 0.1) is 12.7 Å². The second kappa shape index (κ2) is 8.30. The number of carbonyl (C=O) groups is 2. The highest BCUT2D eigenvalue weighted by atomic mass is 16.5. The Bertz CT molecular complexity index is 979. The van der Waals surface area contributed by atoms with Crippen LogP contribution >= 0.6 is 0 Å². The van der Waals surface area contributed by atoms with Crippen molar-refractivity contribution in [3.63, 3.8) is 0 Å². The number of nitrogens with zero attached hydrogens (tertiary/aromatic N) is 2. The maximum Gasteiger partial charge on any atom is 0.337 e. The monoisotopic (exact) mass is 376 g/mol. The molecule has 1 heterocycles. The number of rotatable bonds is 5. The summed E-state index contributed by atoms with van der Waals surface area (Å²) < 4.78 is 4.64. The molecule has 1 amide bonds. The molecular formula is C21H20N4O3. The molecule has 0 atom stereocenters. The van der Waals surface area contributed by atoms with Gasteiger partial charge in [0, 0.05) is 11.4 Å². The third kappa shape index (κ3) is 4.32. The summed E-state index contributed by atoms with van der Waals surface area (Å²) in [7, 11) is 1.32. The molecule has 3 rings (SSSR count). The second-order valence-corrected chi connectivity index (χ2v) is 6.22. The molecule has 7 nitrogen and oxygen atoms in total. The Morgan fingerprint density at radius 2 is 1.57 bits per heavy atom. The van der Waals surface area contributed by atoms with Crippen LogP contribution in [0.25, 0.3) is 0 Å². The van der Waals surface area contributed by atoms with Crippen LogP contribution < -0.4 is 10.6 Å². The van der Waals surface area contributed by atoms with E-state index in [1.54, 1.807) is 36.4 Å². The molecule has 0 aliphatic carbocycles. The zero-order valence-electron chi connectivity index (χ0n) is 15.8. The lowest BCUT2D eigenvalue weighted by atomic mass is 10.1. The first-order valence-corrected chi connectivity index (χ1v) is 8.64. The number of hydrogen-bond acceptors (Lipinski definition) is 6. The van der Waals surface area contributed by atoms with E-state index in [9.17, 15) is 9.59 Å². The van der Waals surface area contributed by atoms with E-state index in [-0.39, 0.29) is 5.69 Å². The van der Waals surface area contributed by atoms with Crippen LogP contribution in [0.2, 0.25) is 0 Å². The third-order valence-corrected chi connectivity index (χ3v) is 4.20. The van der Waals surface area contributed by atoms with Gasteiger partial charge in [-0.2, -0.15) is 0 Å². The van der Waals surface area contributed by atoms with Crippen LogP contribution in [0.4, 0.5) is 17.2 Å². The first-order valence-electron chi connectivity index (χ1n) is 8.64. The van der Waals surface area contributed by atoms with E-state index < -0.39 is 11.9 Å². The Morgan fingerprint density at radius 3 is 2.14 bits per heavy atom. The van der Waals surface area contributed by atoms with Crippen LogP contribution in [0.15, 0.2) is 54.6 Å². The summed E-state index contributed by atoms with van der Waals surface area (Å²) in [6.45, 7) is 4.02. The van der Waals surface area contributed by atoms with Gasteiger partial charge in [-0.1, -0.05) is 18.2 Å². The van der Waals surface area contributed by atoms with Crippen LogP contribution in [0.1, 0.15) is 32.0 Å². The molecule has 0 aliphatic rings. The molecular weight excluding hydrogens is 356 g/mol. The molecule has 2 N–H and O–H groups in total. The van der Waals surface area contributed by atoms with Crippen LogP contribution in [0, 0.1) is 13.8 Å². The summed E-state index contributed by atoms with van der Waals surface area (Å²) in [5, 5.41) is 14.0. The Hall–Kier alpha value is -3.74. The summed E-state index contributed by atoms with van der Waals surface area (Å²) >= 11 is 0. The van der Waals surface area contributed by atoms with Crippen LogP contribution in [-0.2, 0) is 4.74 Å². The number of hydrogen-bond donors (Lipinski definition) is 2. The van der Waals surface area contributed by atoms with Crippen LogP contribution in [0.3, 0.4) is 0 Å². The van der Waals surface area contributed by atoms with Crippen molar-refractivity contribution in [3.8, 4) is 0 Å². The van der Waals surface area contributed by atoms with E-state index in [2.05, 4.69) is 25.6 Å². The van der Waals surface area contributed by atoms with Gasteiger partial charge in [0.25, 0.3) is 5.91 Å². The molecule has 0 fully saturated rings. The molecule has 28 heavy (non-hydrogen) atoms. The summed E-state index contributed by atoms with van der Waals surface area (Å²) in [5.74, 6) is -0.274. The highest BCUT2D eigenvalue weighted by Gasteiger charge is 2.11. The largest absolute Gasteiger partial charge is 0.465 e. The number of aromatic nitrogens is 2. The summed E-state index contributed by atoms with van der Waals surface area (Å²) in [4.78, 5) is 23.8. The zero-order valence-corrected chi connectivity index (χ0v) is 15.8. The Kier molecular flexibility index (Phi) is 5.64. The number of benzene rings is 2. The number of carbonyl (C=O) groups excluding carboxylic acids is 2. The quantitative estimate of drug-likeness (QED) is 0.657. The molecule has 7 heteroatoms. The molecule has 0 unspecified atom stereocenters. The van der Waals surface area contributed by atoms with E-state index in [0.717, 1.165) is 16.8 Å². The fraction of sp³-hybridized carbons (Fsp3) is 0.143. The van der Waals surface area contributed by atoms with Gasteiger partial charge in [-0.25, -0.2) is 4.79 Å². The molecule has 0 aliphatic heterocycles. The van der Waals surface area contributed by atoms with Crippen molar-refractivity contribution >= 4 is 29.1 Å². The van der Waals surface area contributed by atoms with Crippen molar-refractivity contribution in [1.29, 1.82) is 0 Å². The topological polar surface area (TPSA) is 93.2 Å². The number of nitrogens with one attached hydrogen (secondary N) is 2. The van der Waals surface area contributed by atoms with E-state index in [0.29, 0.717) is 17.1 Å². The highest BCUT2D eigenvalue weighted by molar-refractivity contribution is 6.03. The molecule has 142 valence electrons. The minimum Gasteiger partial charge on any atom is -0.465 e. The van der Waals surface area contributed by atoms with Gasteiger partial charge in [-0.3, -0.25) is 4.79 Å². The number of ether oxygens (including phenoxy) is 1. The number of aryl methyl sites for hydroxylation is 2. The van der Waals surface area contributed by atoms with Gasteiger partial charge < -0.3 is 15.4 Å². The molecule has 0 radical (unpaired) electrons. The van der Waals surface area contributed by atoms with Gasteiger partial charge in [0.15, 0.2) is 11.5 Å². The molecule has 0 saturated carbocycles. The van der Waals surface area contributed by atoms with E-state index >= 15 is 0 Å². The lowest BCUT2D eigenvalue weighted by Gasteiger charge is -2.11. The maximum absolute atomic E-state index is 12.3. The number of amides is 1. The Labute approximate surface area is 162 Å². The Morgan fingerprint density at radius 1 is 0.893 bits per heavy atom. The van der Waals surface area contributed by atoms with E-state index in [1.165, 1.54) is 7.11 Å². The van der Waals surface area contributed by atoms with Crippen molar-refractivity contribution in [2.45, 2.75) is 13.8 Å². The second-order valence-electron chi connectivity index (χ2n) is 6.22. The van der Waals surface area contributed by atoms with E-state index in [1.807, 2.05) is 32.0 Å².